The predicted octanol–water partition coefficient (Wildman–Crippen LogP) is 1.21. The van der Waals surface area contributed by atoms with Crippen LogP contribution in [-0.2, 0) is 14.8 Å². The minimum Gasteiger partial charge on any atom is -0.444 e. The van der Waals surface area contributed by atoms with E-state index in [0.717, 1.165) is 6.07 Å². The summed E-state index contributed by atoms with van der Waals surface area (Å²) in [5.74, 6) is -0.810. The summed E-state index contributed by atoms with van der Waals surface area (Å²) in [4.78, 5) is 11.0. The maximum atomic E-state index is 13.3. The zero-order valence-electron chi connectivity index (χ0n) is 12.6. The van der Waals surface area contributed by atoms with Crippen LogP contribution in [0, 0.1) is 5.82 Å². The highest BCUT2D eigenvalue weighted by Crippen LogP contribution is 2.20. The number of carbonyl (C=O) groups excluding carboxylic acids is 1. The van der Waals surface area contributed by atoms with E-state index in [1.54, 1.807) is 20.8 Å². The number of nitrogen functional groups attached to an aromatic ring is 1. The maximum absolute atomic E-state index is 13.3. The number of amides is 1. The molecule has 0 unspecified atom stereocenters. The smallest absolute Gasteiger partial charge is 0.407 e. The number of hydrogen-bond donors (Lipinski definition) is 3. The second kappa shape index (κ2) is 6.93. The van der Waals surface area contributed by atoms with Crippen molar-refractivity contribution in [2.45, 2.75) is 31.3 Å². The lowest BCUT2D eigenvalue weighted by molar-refractivity contribution is 0.0529. The first-order chi connectivity index (χ1) is 10.0. The molecule has 7 nitrogen and oxygen atoms in total. The third kappa shape index (κ3) is 5.49. The molecule has 0 aliphatic carbocycles. The summed E-state index contributed by atoms with van der Waals surface area (Å²) in [5.41, 5.74) is 4.32. The van der Waals surface area contributed by atoms with E-state index in [1.807, 2.05) is 0 Å². The molecule has 1 rings (SSSR count). The molecular weight excluding hydrogens is 313 g/mol. The Balaban J connectivity index is 2.54. The Labute approximate surface area is 129 Å². The number of para-hydroxylation sites is 1. The lowest BCUT2D eigenvalue weighted by atomic mass is 10.2. The molecule has 1 aromatic carbocycles. The van der Waals surface area contributed by atoms with Gasteiger partial charge in [0.15, 0.2) is 0 Å². The second-order valence-corrected chi connectivity index (χ2v) is 7.21. The van der Waals surface area contributed by atoms with Gasteiger partial charge < -0.3 is 15.8 Å². The van der Waals surface area contributed by atoms with Gasteiger partial charge in [-0.05, 0) is 32.9 Å². The van der Waals surface area contributed by atoms with Gasteiger partial charge in [-0.1, -0.05) is 6.07 Å². The normalized spacial score (nSPS) is 12.0. The Morgan fingerprint density at radius 1 is 1.32 bits per heavy atom. The molecule has 0 heterocycles. The van der Waals surface area contributed by atoms with Crippen LogP contribution in [0.1, 0.15) is 20.8 Å². The van der Waals surface area contributed by atoms with Crippen molar-refractivity contribution in [3.05, 3.63) is 24.0 Å². The number of rotatable bonds is 5. The minimum atomic E-state index is -3.95. The third-order valence-corrected chi connectivity index (χ3v) is 3.91. The van der Waals surface area contributed by atoms with Gasteiger partial charge in [-0.25, -0.2) is 22.3 Å². The van der Waals surface area contributed by atoms with Crippen molar-refractivity contribution in [2.75, 3.05) is 18.8 Å². The van der Waals surface area contributed by atoms with Crippen molar-refractivity contribution in [1.82, 2.24) is 10.0 Å². The van der Waals surface area contributed by atoms with E-state index in [-0.39, 0.29) is 18.0 Å². The van der Waals surface area contributed by atoms with Crippen LogP contribution in [0.2, 0.25) is 0 Å². The fraction of sp³-hybridized carbons (Fsp3) is 0.462. The highest BCUT2D eigenvalue weighted by atomic mass is 32.2. The molecule has 0 saturated heterocycles. The van der Waals surface area contributed by atoms with Gasteiger partial charge in [0, 0.05) is 13.1 Å². The third-order valence-electron chi connectivity index (χ3n) is 2.39. The zero-order chi connectivity index (χ0) is 17.0. The van der Waals surface area contributed by atoms with Gasteiger partial charge in [0.2, 0.25) is 10.0 Å². The van der Waals surface area contributed by atoms with Crippen LogP contribution in [0.5, 0.6) is 0 Å². The minimum absolute atomic E-state index is 0.0172. The van der Waals surface area contributed by atoms with Gasteiger partial charge in [-0.3, -0.25) is 0 Å². The molecule has 0 aromatic heterocycles. The summed E-state index contributed by atoms with van der Waals surface area (Å²) in [5, 5.41) is 2.40. The molecule has 0 aliphatic heterocycles. The van der Waals surface area contributed by atoms with E-state index in [2.05, 4.69) is 10.0 Å². The Hall–Kier alpha value is -1.87. The van der Waals surface area contributed by atoms with Crippen molar-refractivity contribution in [3.8, 4) is 0 Å². The molecule has 0 bridgehead atoms. The van der Waals surface area contributed by atoms with Crippen LogP contribution in [-0.4, -0.2) is 33.2 Å². The monoisotopic (exact) mass is 333 g/mol. The molecule has 1 aromatic rings. The largest absolute Gasteiger partial charge is 0.444 e. The van der Waals surface area contributed by atoms with Crippen LogP contribution in [0.15, 0.2) is 23.1 Å². The first-order valence-corrected chi connectivity index (χ1v) is 8.02. The van der Waals surface area contributed by atoms with E-state index in [9.17, 15) is 17.6 Å². The van der Waals surface area contributed by atoms with Gasteiger partial charge in [-0.2, -0.15) is 0 Å². The SMILES string of the molecule is CC(C)(C)OC(=O)NCCNS(=O)(=O)c1cccc(F)c1N. The summed E-state index contributed by atoms with van der Waals surface area (Å²) < 4.78 is 44.4. The molecule has 0 aliphatic rings. The molecule has 22 heavy (non-hydrogen) atoms. The zero-order valence-corrected chi connectivity index (χ0v) is 13.5. The first kappa shape index (κ1) is 18.2. The fourth-order valence-corrected chi connectivity index (χ4v) is 2.66. The summed E-state index contributed by atoms with van der Waals surface area (Å²) in [6.45, 7) is 5.06. The number of nitrogens with two attached hydrogens (primary N) is 1. The Morgan fingerprint density at radius 3 is 2.55 bits per heavy atom. The number of sulfonamides is 1. The Kier molecular flexibility index (Phi) is 5.72. The van der Waals surface area contributed by atoms with Crippen LogP contribution in [0.3, 0.4) is 0 Å². The first-order valence-electron chi connectivity index (χ1n) is 6.53. The number of benzene rings is 1. The molecular formula is C13H20FN3O4S. The van der Waals surface area contributed by atoms with E-state index in [0.29, 0.717) is 0 Å². The maximum Gasteiger partial charge on any atom is 0.407 e. The number of nitrogens with one attached hydrogen (secondary N) is 2. The molecule has 0 saturated carbocycles. The van der Waals surface area contributed by atoms with Crippen molar-refractivity contribution in [2.24, 2.45) is 0 Å². The number of carbonyl (C=O) groups is 1. The van der Waals surface area contributed by atoms with E-state index in [1.165, 1.54) is 12.1 Å². The fourth-order valence-electron chi connectivity index (χ4n) is 1.49. The van der Waals surface area contributed by atoms with Crippen LogP contribution in [0.25, 0.3) is 0 Å². The lowest BCUT2D eigenvalue weighted by Crippen LogP contribution is -2.38. The van der Waals surface area contributed by atoms with Gasteiger partial charge in [0.25, 0.3) is 0 Å². The number of anilines is 1. The Bertz CT molecular complexity index is 641. The van der Waals surface area contributed by atoms with Gasteiger partial charge in [0.05, 0.1) is 5.69 Å². The summed E-state index contributed by atoms with van der Waals surface area (Å²) in [6, 6.07) is 3.51. The number of halogens is 1. The van der Waals surface area contributed by atoms with Crippen LogP contribution in [0.4, 0.5) is 14.9 Å². The second-order valence-electron chi connectivity index (χ2n) is 5.48. The standard InChI is InChI=1S/C13H20FN3O4S/c1-13(2,3)21-12(18)16-7-8-17-22(19,20)10-6-4-5-9(14)11(10)15/h4-6,17H,7-8,15H2,1-3H3,(H,16,18). The molecule has 1 amide bonds. The average molecular weight is 333 g/mol. The highest BCUT2D eigenvalue weighted by Gasteiger charge is 2.19. The number of alkyl carbamates (subject to hydrolysis) is 1. The van der Waals surface area contributed by atoms with Crippen LogP contribution < -0.4 is 15.8 Å². The number of ether oxygens (including phenoxy) is 1. The molecule has 9 heteroatoms. The van der Waals surface area contributed by atoms with Crippen molar-refractivity contribution >= 4 is 21.8 Å². The van der Waals surface area contributed by atoms with Gasteiger partial charge in [0.1, 0.15) is 16.3 Å². The quantitative estimate of drug-likeness (QED) is 0.554. The number of hydrogen-bond acceptors (Lipinski definition) is 5. The Morgan fingerprint density at radius 2 is 1.95 bits per heavy atom. The van der Waals surface area contributed by atoms with Gasteiger partial charge >= 0.3 is 6.09 Å². The lowest BCUT2D eigenvalue weighted by Gasteiger charge is -2.19. The van der Waals surface area contributed by atoms with E-state index in [4.69, 9.17) is 10.5 Å². The summed E-state index contributed by atoms with van der Waals surface area (Å²) in [7, 11) is -3.95. The van der Waals surface area contributed by atoms with Crippen molar-refractivity contribution in [3.63, 3.8) is 0 Å². The van der Waals surface area contributed by atoms with Gasteiger partial charge in [-0.15, -0.1) is 0 Å². The van der Waals surface area contributed by atoms with Crippen LogP contribution >= 0.6 is 0 Å². The predicted molar refractivity (Wildman–Crippen MR) is 80.2 cm³/mol. The van der Waals surface area contributed by atoms with E-state index < -0.39 is 33.2 Å². The van der Waals surface area contributed by atoms with Crippen molar-refractivity contribution in [1.29, 1.82) is 0 Å². The topological polar surface area (TPSA) is 111 Å². The highest BCUT2D eigenvalue weighted by molar-refractivity contribution is 7.89. The van der Waals surface area contributed by atoms with E-state index >= 15 is 0 Å². The van der Waals surface area contributed by atoms with Crippen molar-refractivity contribution < 1.29 is 22.3 Å². The molecule has 0 radical (unpaired) electrons. The molecule has 0 fully saturated rings. The molecule has 124 valence electrons. The summed E-state index contributed by atoms with van der Waals surface area (Å²) in [6.07, 6.45) is -0.656. The molecule has 0 atom stereocenters. The average Bonchev–Trinajstić information content (AvgIpc) is 2.35. The summed E-state index contributed by atoms with van der Waals surface area (Å²) >= 11 is 0. The molecule has 4 N–H and O–H groups in total. The molecule has 0 spiro atoms.